The molecule has 11 bridgehead atoms. The normalized spacial score (nSPS) is 28.6. The molecular formula is C83H91Cl3N10O27S. The summed E-state index contributed by atoms with van der Waals surface area (Å²) in [6.07, 6.45) is -23.9. The third kappa shape index (κ3) is 20.0. The molecule has 9 heterocycles. The molecule has 8 aliphatic rings. The fraction of sp³-hybridized carbons (Fsp3) is 0.398. The van der Waals surface area contributed by atoms with Crippen LogP contribution in [0.15, 0.2) is 127 Å². The quantitative estimate of drug-likeness (QED) is 0.0521. The number of carboxylic acid groups (broad SMARTS) is 1. The van der Waals surface area contributed by atoms with E-state index in [1.54, 1.807) is 12.1 Å². The Morgan fingerprint density at radius 3 is 1.98 bits per heavy atom. The van der Waals surface area contributed by atoms with E-state index in [2.05, 4.69) is 42.5 Å². The van der Waals surface area contributed by atoms with Crippen molar-refractivity contribution in [1.82, 2.24) is 42.5 Å². The van der Waals surface area contributed by atoms with Gasteiger partial charge in [0.15, 0.2) is 23.8 Å². The molecule has 15 rings (SSSR count). The third-order valence-corrected chi connectivity index (χ3v) is 23.6. The number of phenolic OH excluding ortho intramolecular Hbond substituents is 3. The van der Waals surface area contributed by atoms with Gasteiger partial charge in [0.2, 0.25) is 59.7 Å². The van der Waals surface area contributed by atoms with E-state index in [-0.39, 0.29) is 53.5 Å². The lowest BCUT2D eigenvalue weighted by atomic mass is 9.86. The van der Waals surface area contributed by atoms with Crippen molar-refractivity contribution in [3.8, 4) is 67.6 Å². The number of carboxylic acids is 1. The number of likely N-dealkylation sites (N-methyl/N-ethyl adjacent to an activating group) is 1. The number of thiophene rings is 1. The van der Waals surface area contributed by atoms with Gasteiger partial charge < -0.3 is 148 Å². The summed E-state index contributed by atoms with van der Waals surface area (Å²) < 4.78 is 51.3. The van der Waals surface area contributed by atoms with Crippen LogP contribution in [-0.2, 0) is 68.6 Å². The average molecular weight is 1800 g/mol. The Morgan fingerprint density at radius 1 is 0.685 bits per heavy atom. The van der Waals surface area contributed by atoms with Crippen molar-refractivity contribution in [3.63, 3.8) is 0 Å². The topological polar surface area (TPSA) is 581 Å². The number of hydrogen-bond acceptors (Lipinski definition) is 30. The van der Waals surface area contributed by atoms with E-state index in [4.69, 9.17) is 84.2 Å². The van der Waals surface area contributed by atoms with Crippen LogP contribution in [0.1, 0.15) is 110 Å². The SMILES string of the molecule is CN[C@H](CC(C)C)C(=O)N[C@H]1C(=O)N[C@@H](CC(N)=O)C(=O)N[C@H]2C(=O)N[C@H]3C(=O)N[C@H](C(=O)N[C@@H](C(=O)O)c4cc(O)cc(O)c4-c4cc3ccc4O)[C@H](O[C@H]3C[C@](C)(N)[C@@H](O)[C@H](C)O3)c3ccc(c(Cl)c3)Oc3cc2cc(c3O[C@@H]2O[C@H](CO)[C@@H](O[C@@H]3OC(CNCc4ccc(-c5ccc(Cl)cc5)s4)=C[C@H](O)[C@H]3O)[C@H](O)[C@H]2O)Oc2ccc(cc2Cl)[C@H]1O. The van der Waals surface area contributed by atoms with Crippen LogP contribution in [0.5, 0.6) is 46.0 Å². The Hall–Kier alpha value is -10.6. The van der Waals surface area contributed by atoms with Crippen molar-refractivity contribution in [2.24, 2.45) is 17.4 Å². The lowest BCUT2D eigenvalue weighted by Crippen LogP contribution is -2.62. The number of amides is 7. The monoisotopic (exact) mass is 1800 g/mol. The summed E-state index contributed by atoms with van der Waals surface area (Å²) >= 11 is 22.1. The molecule has 37 nitrogen and oxygen atoms in total. The van der Waals surface area contributed by atoms with Crippen molar-refractivity contribution >= 4 is 93.5 Å². The van der Waals surface area contributed by atoms with Crippen molar-refractivity contribution in [2.45, 2.75) is 181 Å². The van der Waals surface area contributed by atoms with Crippen LogP contribution in [0, 0.1) is 5.92 Å². The Balaban J connectivity index is 0.966. The molecule has 8 aliphatic heterocycles. The molecule has 2 fully saturated rings. The molecule has 0 saturated carbocycles. The van der Waals surface area contributed by atoms with Crippen LogP contribution < -0.4 is 68.2 Å². The van der Waals surface area contributed by atoms with E-state index >= 15 is 24.0 Å². The minimum Gasteiger partial charge on any atom is -0.508 e. The zero-order chi connectivity index (χ0) is 89.4. The van der Waals surface area contributed by atoms with Crippen LogP contribution in [-0.4, -0.2) is 221 Å². The van der Waals surface area contributed by atoms with Crippen LogP contribution in [0.3, 0.4) is 0 Å². The third-order valence-electron chi connectivity index (χ3n) is 21.7. The predicted molar refractivity (Wildman–Crippen MR) is 440 cm³/mol. The van der Waals surface area contributed by atoms with E-state index in [9.17, 15) is 70.6 Å². The Labute approximate surface area is 725 Å². The zero-order valence-corrected chi connectivity index (χ0v) is 69.6. The van der Waals surface area contributed by atoms with Crippen LogP contribution >= 0.6 is 46.1 Å². The van der Waals surface area contributed by atoms with Gasteiger partial charge in [0, 0.05) is 56.0 Å². The van der Waals surface area contributed by atoms with Gasteiger partial charge in [-0.1, -0.05) is 79.0 Å². The van der Waals surface area contributed by atoms with Crippen molar-refractivity contribution in [2.75, 3.05) is 20.2 Å². The number of hydrogen-bond donors (Lipinski definition) is 21. The van der Waals surface area contributed by atoms with Gasteiger partial charge in [-0.05, 0) is 146 Å². The van der Waals surface area contributed by atoms with Crippen LogP contribution in [0.2, 0.25) is 15.1 Å². The standard InChI is InChI=1S/C83H91Cl3N10O27S/c1-32(2)18-47(89-5)74(108)95-64-66(103)36-9-15-52(45(85)20-36)118-54-22-38-23-55(71(54)122-82-69(106)68(105)72(56(31-97)120-82)123-81-67(104)51(101)26-41(117-81)29-90-30-42-13-17-57(124-42)34-6-11-39(84)12-7-34)119-53-16-10-37(21-46(53)86)70(121-59-28-83(4,88)73(107)33(3)116-59)65-79(113)94-63(80(114)115)44-24-40(98)25-50(100)60(44)43-19-35(8-14-49(43)99)61(76(110)96-65)93-77(111)62(38)92-75(109)48(27-58(87)102)91-78(64)112/h6-17,19-26,32-33,47-48,51,56,59,61-70,72-73,81-82,89-90,97-101,103-107H,18,27-31,88H2,1-5H3,(H2,87,102)(H,91,112)(H,92,109)(H,93,111)(H,94,113)(H,95,108)(H,96,110)(H,114,115)/t33-,47+,48-,51-,56+,59-,61+,62+,63+,64+,65-,66+,67+,68+,69+,70+,72+,73-,81-,82-,83-/m0/s1. The van der Waals surface area contributed by atoms with Crippen LogP contribution in [0.4, 0.5) is 0 Å². The Bertz CT molecular complexity index is 5260. The molecule has 23 N–H and O–H groups in total. The number of carbonyl (C=O) groups is 8. The summed E-state index contributed by atoms with van der Waals surface area (Å²) in [4.78, 5) is 122. The van der Waals surface area contributed by atoms with Gasteiger partial charge in [-0.2, -0.15) is 0 Å². The molecule has 21 atom stereocenters. The van der Waals surface area contributed by atoms with Crippen molar-refractivity contribution < 1.29 is 132 Å². The fourth-order valence-electron chi connectivity index (χ4n) is 15.3. The summed E-state index contributed by atoms with van der Waals surface area (Å²) in [5.41, 5.74) is 9.01. The molecule has 2 saturated heterocycles. The van der Waals surface area contributed by atoms with Crippen molar-refractivity contribution in [1.29, 1.82) is 0 Å². The predicted octanol–water partition coefficient (Wildman–Crippen LogP) is 3.26. The number of rotatable bonds is 20. The minimum absolute atomic E-state index is 0.0399. The first-order valence-electron chi connectivity index (χ1n) is 39.1. The number of primary amides is 1. The number of phenols is 3. The smallest absolute Gasteiger partial charge is 0.330 e. The van der Waals surface area contributed by atoms with Gasteiger partial charge in [-0.25, -0.2) is 4.79 Å². The van der Waals surface area contributed by atoms with E-state index in [1.807, 2.05) is 38.1 Å². The molecule has 124 heavy (non-hydrogen) atoms. The summed E-state index contributed by atoms with van der Waals surface area (Å²) in [5.74, 6) is -16.4. The number of aromatic hydroxyl groups is 3. The maximum atomic E-state index is 16.4. The molecule has 662 valence electrons. The summed E-state index contributed by atoms with van der Waals surface area (Å²) in [5, 5.41) is 149. The number of halogens is 3. The van der Waals surface area contributed by atoms with Gasteiger partial charge in [-0.3, -0.25) is 33.6 Å². The van der Waals surface area contributed by atoms with Gasteiger partial charge >= 0.3 is 5.97 Å². The molecular weight excluding hydrogens is 1710 g/mol. The van der Waals surface area contributed by atoms with E-state index in [1.165, 1.54) is 56.5 Å². The number of ether oxygens (including phenoxy) is 8. The second-order valence-electron chi connectivity index (χ2n) is 31.3. The van der Waals surface area contributed by atoms with E-state index < -0.39 is 261 Å². The fourth-order valence-corrected chi connectivity index (χ4v) is 16.8. The van der Waals surface area contributed by atoms with Gasteiger partial charge in [0.25, 0.3) is 0 Å². The summed E-state index contributed by atoms with van der Waals surface area (Å²) in [6.45, 7) is 5.75. The Morgan fingerprint density at radius 2 is 1.34 bits per heavy atom. The minimum atomic E-state index is -2.41. The van der Waals surface area contributed by atoms with Gasteiger partial charge in [-0.15, -0.1) is 11.3 Å². The maximum Gasteiger partial charge on any atom is 0.330 e. The molecule has 0 spiro atoms. The number of carbonyl (C=O) groups excluding carboxylic acids is 7. The summed E-state index contributed by atoms with van der Waals surface area (Å²) in [6, 6.07) is 10.3. The first-order valence-corrected chi connectivity index (χ1v) is 41.0. The highest BCUT2D eigenvalue weighted by molar-refractivity contribution is 7.15. The highest BCUT2D eigenvalue weighted by Crippen LogP contribution is 2.50. The second kappa shape index (κ2) is 38.1. The largest absolute Gasteiger partial charge is 0.508 e. The molecule has 0 aliphatic carbocycles. The number of aliphatic carboxylic acids is 1. The Kier molecular flexibility index (Phi) is 28.0. The van der Waals surface area contributed by atoms with E-state index in [0.717, 1.165) is 76.0 Å². The van der Waals surface area contributed by atoms with Crippen molar-refractivity contribution in [3.05, 3.63) is 175 Å². The number of nitrogens with one attached hydrogen (secondary N) is 8. The summed E-state index contributed by atoms with van der Waals surface area (Å²) in [7, 11) is 1.47. The average Bonchev–Trinajstić information content (AvgIpc) is 0.767. The van der Waals surface area contributed by atoms with E-state index in [0.29, 0.717) is 11.6 Å². The molecule has 41 heteroatoms. The van der Waals surface area contributed by atoms with Gasteiger partial charge in [0.1, 0.15) is 114 Å². The maximum absolute atomic E-state index is 16.4. The molecule has 0 unspecified atom stereocenters. The molecule has 7 amide bonds. The number of fused-ring (bicyclic) bond motifs is 15. The van der Waals surface area contributed by atoms with Crippen LogP contribution in [0.25, 0.3) is 21.6 Å². The number of benzene rings is 6. The second-order valence-corrected chi connectivity index (χ2v) is 33.7. The molecule has 6 aromatic carbocycles. The molecule has 7 aromatic rings. The molecule has 0 radical (unpaired) electrons. The first-order chi connectivity index (χ1) is 58.8. The zero-order valence-electron chi connectivity index (χ0n) is 66.6. The number of aliphatic hydroxyl groups is 7. The lowest BCUT2D eigenvalue weighted by Gasteiger charge is -2.44. The lowest BCUT2D eigenvalue weighted by molar-refractivity contribution is -0.321. The first kappa shape index (κ1) is 91.1. The number of nitrogens with two attached hydrogens (primary N) is 2. The highest BCUT2D eigenvalue weighted by atomic mass is 35.5. The highest BCUT2D eigenvalue weighted by Gasteiger charge is 2.52. The molecule has 1 aromatic heterocycles. The van der Waals surface area contributed by atoms with Gasteiger partial charge in [0.05, 0.1) is 47.9 Å². The number of aliphatic hydroxyl groups excluding tert-OH is 7.